The normalized spacial score (nSPS) is 13.7. The molecule has 0 atom stereocenters. The van der Waals surface area contributed by atoms with E-state index < -0.39 is 0 Å². The van der Waals surface area contributed by atoms with Crippen molar-refractivity contribution in [3.8, 4) is 0 Å². The molecule has 0 amide bonds. The van der Waals surface area contributed by atoms with Gasteiger partial charge >= 0.3 is 121 Å². The summed E-state index contributed by atoms with van der Waals surface area (Å²) >= 11 is 1.62. The average Bonchev–Trinajstić information content (AvgIpc) is 3.68. The predicted molar refractivity (Wildman–Crippen MR) is 188 cm³/mol. The first-order valence-corrected chi connectivity index (χ1v) is 17.6. The van der Waals surface area contributed by atoms with E-state index in [1.54, 1.807) is 27.4 Å². The Bertz CT molecular complexity index is 1500. The Labute approximate surface area is 301 Å². The molecule has 0 saturated heterocycles. The van der Waals surface area contributed by atoms with Gasteiger partial charge in [0.25, 0.3) is 0 Å². The Morgan fingerprint density at radius 3 is 1.53 bits per heavy atom. The van der Waals surface area contributed by atoms with E-state index in [-0.39, 0.29) is 35.6 Å². The molecule has 240 valence electrons. The van der Waals surface area contributed by atoms with Crippen molar-refractivity contribution in [2.24, 2.45) is 5.92 Å². The maximum absolute atomic E-state index is 2.35. The fraction of sp³-hybridized carbons (Fsp3) is 0.405. The van der Waals surface area contributed by atoms with Gasteiger partial charge in [0.2, 0.25) is 0 Å². The van der Waals surface area contributed by atoms with Gasteiger partial charge in [0, 0.05) is 0 Å². The van der Waals surface area contributed by atoms with E-state index in [1.807, 2.05) is 30.3 Å². The van der Waals surface area contributed by atoms with Gasteiger partial charge in [-0.2, -0.15) is 18.2 Å². The summed E-state index contributed by atoms with van der Waals surface area (Å²) in [5, 5.41) is 5.48. The van der Waals surface area contributed by atoms with Gasteiger partial charge in [-0.3, -0.25) is 0 Å². The average molecular weight is 719 g/mol. The molecular formula is C42H52Cl2Zr-2. The van der Waals surface area contributed by atoms with Gasteiger partial charge in [0.15, 0.2) is 0 Å². The standard InChI is InChI=1S/C21H25.C16H22.C5H5.2ClH.Zr/c1-20(2,3)16-7-9-18-14(12-16)11-15-13-17(21(4,5)6)8-10-19(15)18;1-13(2)16-10-8-15(9-11-16)12-14-6-4-3-5-7-14;1-2-4-5-3-1;;;/h7-13H,1-6H3;8-11,13-14H,3-7H2,1-2H3;1-5H;2*1H;/q-1;;-1;;;+2/p-2. The van der Waals surface area contributed by atoms with Gasteiger partial charge < -0.3 is 24.8 Å². The molecule has 1 fully saturated rings. The van der Waals surface area contributed by atoms with Gasteiger partial charge in [0.05, 0.1) is 0 Å². The van der Waals surface area contributed by atoms with Crippen LogP contribution in [0.4, 0.5) is 0 Å². The largest absolute Gasteiger partial charge is 1.00 e. The molecule has 0 radical (unpaired) electrons. The molecule has 0 N–H and O–H groups in total. The first-order chi connectivity index (χ1) is 20.3. The van der Waals surface area contributed by atoms with Crippen LogP contribution < -0.4 is 24.8 Å². The molecule has 1 saturated carbocycles. The summed E-state index contributed by atoms with van der Waals surface area (Å²) in [4.78, 5) is 0. The summed E-state index contributed by atoms with van der Waals surface area (Å²) in [5.41, 5.74) is 6.17. The van der Waals surface area contributed by atoms with Crippen LogP contribution in [-0.2, 0) is 35.1 Å². The van der Waals surface area contributed by atoms with Crippen molar-refractivity contribution in [2.45, 2.75) is 104 Å². The van der Waals surface area contributed by atoms with E-state index >= 15 is 0 Å². The van der Waals surface area contributed by atoms with Crippen molar-refractivity contribution in [2.75, 3.05) is 0 Å². The van der Waals surface area contributed by atoms with Gasteiger partial charge in [-0.05, 0) is 10.8 Å². The predicted octanol–water partition coefficient (Wildman–Crippen LogP) is 6.18. The second kappa shape index (κ2) is 17.4. The summed E-state index contributed by atoms with van der Waals surface area (Å²) in [6.07, 6.45) is 7.17. The van der Waals surface area contributed by atoms with Crippen LogP contribution in [0.2, 0.25) is 0 Å². The van der Waals surface area contributed by atoms with Crippen molar-refractivity contribution < 1.29 is 49.0 Å². The van der Waals surface area contributed by atoms with Gasteiger partial charge in [-0.25, -0.2) is 12.1 Å². The molecule has 0 bridgehead atoms. The van der Waals surface area contributed by atoms with E-state index in [0.29, 0.717) is 5.92 Å². The maximum Gasteiger partial charge on any atom is -0.172 e. The number of hydrogen-bond acceptors (Lipinski definition) is 0. The summed E-state index contributed by atoms with van der Waals surface area (Å²) in [6, 6.07) is 35.5. The van der Waals surface area contributed by atoms with Crippen LogP contribution in [-0.4, -0.2) is 3.21 Å². The first kappa shape index (κ1) is 39.4. The molecule has 0 aromatic heterocycles. The zero-order chi connectivity index (χ0) is 31.2. The van der Waals surface area contributed by atoms with Gasteiger partial charge in [0.1, 0.15) is 0 Å². The summed E-state index contributed by atoms with van der Waals surface area (Å²) in [6.45, 7) is 18.2. The summed E-state index contributed by atoms with van der Waals surface area (Å²) in [5.74, 6) is 1.53. The Hall–Kier alpha value is -1.79. The minimum absolute atomic E-state index is 0. The summed E-state index contributed by atoms with van der Waals surface area (Å²) in [7, 11) is 0. The number of halogens is 2. The molecule has 45 heavy (non-hydrogen) atoms. The van der Waals surface area contributed by atoms with Crippen molar-refractivity contribution in [3.05, 3.63) is 119 Å². The van der Waals surface area contributed by atoms with E-state index in [4.69, 9.17) is 0 Å². The van der Waals surface area contributed by atoms with Crippen molar-refractivity contribution in [1.82, 2.24) is 0 Å². The fourth-order valence-corrected chi connectivity index (χ4v) is 7.07. The Morgan fingerprint density at radius 1 is 0.689 bits per heavy atom. The van der Waals surface area contributed by atoms with Crippen LogP contribution in [0.1, 0.15) is 116 Å². The van der Waals surface area contributed by atoms with Crippen LogP contribution in [0.5, 0.6) is 0 Å². The van der Waals surface area contributed by atoms with Crippen LogP contribution >= 0.6 is 0 Å². The zero-order valence-electron chi connectivity index (χ0n) is 28.7. The minimum atomic E-state index is 0. The third-order valence-electron chi connectivity index (χ3n) is 8.89. The molecule has 3 heteroatoms. The van der Waals surface area contributed by atoms with E-state index in [9.17, 15) is 0 Å². The smallest absolute Gasteiger partial charge is 0.172 e. The molecule has 0 unspecified atom stereocenters. The van der Waals surface area contributed by atoms with Crippen molar-refractivity contribution in [1.29, 1.82) is 0 Å². The number of fused-ring (bicyclic) bond motifs is 3. The molecule has 0 heterocycles. The minimum Gasteiger partial charge on any atom is -1.00 e. The second-order valence-corrected chi connectivity index (χ2v) is 16.1. The maximum atomic E-state index is 2.35. The quantitative estimate of drug-likeness (QED) is 0.196. The van der Waals surface area contributed by atoms with E-state index in [0.717, 1.165) is 5.92 Å². The SMILES string of the molecule is CC(C)(C)c1ccc2c(c1)[cH-]c1cc(C(C)(C)C)ccc12.CC(C)c1ccc([C](=[Zr+2])C2CCCCC2)cc1.[Cl-].[Cl-].c1cc[cH-]c1. The second-order valence-electron chi connectivity index (χ2n) is 14.7. The molecule has 1 aliphatic rings. The van der Waals surface area contributed by atoms with E-state index in [1.165, 1.54) is 75.9 Å². The topological polar surface area (TPSA) is 0 Å². The molecule has 0 aliphatic heterocycles. The molecule has 6 rings (SSSR count). The third-order valence-corrected chi connectivity index (χ3v) is 10.6. The molecular weight excluding hydrogens is 667 g/mol. The third kappa shape index (κ3) is 10.9. The zero-order valence-corrected chi connectivity index (χ0v) is 32.7. The van der Waals surface area contributed by atoms with Crippen LogP contribution in [0, 0.1) is 5.92 Å². The monoisotopic (exact) mass is 716 g/mol. The first-order valence-electron chi connectivity index (χ1n) is 16.3. The Kier molecular flexibility index (Phi) is 15.2. The van der Waals surface area contributed by atoms with E-state index in [2.05, 4.69) is 122 Å². The van der Waals surface area contributed by atoms with Crippen LogP contribution in [0.15, 0.2) is 97.1 Å². The van der Waals surface area contributed by atoms with Crippen LogP contribution in [0.3, 0.4) is 0 Å². The summed E-state index contributed by atoms with van der Waals surface area (Å²) < 4.78 is 1.70. The Balaban J connectivity index is 0.000000265. The number of benzene rings is 3. The van der Waals surface area contributed by atoms with Gasteiger partial charge in [-0.15, -0.1) is 39.7 Å². The molecule has 0 nitrogen and oxygen atoms in total. The molecule has 1 aliphatic carbocycles. The molecule has 5 aromatic carbocycles. The molecule has 0 spiro atoms. The van der Waals surface area contributed by atoms with Crippen LogP contribution in [0.25, 0.3) is 21.5 Å². The van der Waals surface area contributed by atoms with Crippen molar-refractivity contribution >= 4 is 24.8 Å². The fourth-order valence-electron chi connectivity index (χ4n) is 5.95. The number of hydrogen-bond donors (Lipinski definition) is 0. The Morgan fingerprint density at radius 2 is 1.16 bits per heavy atom. The van der Waals surface area contributed by atoms with Gasteiger partial charge in [-0.1, -0.05) is 76.9 Å². The molecule has 5 aromatic rings. The van der Waals surface area contributed by atoms with Crippen molar-refractivity contribution in [3.63, 3.8) is 0 Å². The number of rotatable bonds is 3.